The van der Waals surface area contributed by atoms with Gasteiger partial charge in [0.25, 0.3) is 0 Å². The number of benzene rings is 3. The number of carbonyl (C=O) groups is 2. The molecule has 6 nitrogen and oxygen atoms in total. The quantitative estimate of drug-likeness (QED) is 0.0379. The standard InChI is InChI=1S/C31H21F6NO5/c1-4-23(30(40)42-22-10-12-25(28(34)15-22)20-7-5-19(16-38)6-8-20)29(39)41-21-9-11-24(27(33)14-21)17(2)13-26(32)18(3)43-31(35,36)37/h4-15H,1-3H3. The van der Waals surface area contributed by atoms with Gasteiger partial charge in [0.1, 0.15) is 34.5 Å². The van der Waals surface area contributed by atoms with Gasteiger partial charge in [0.05, 0.1) is 11.6 Å². The molecule has 0 heterocycles. The third-order valence-electron chi connectivity index (χ3n) is 5.73. The maximum atomic E-state index is 14.7. The fourth-order valence-corrected chi connectivity index (χ4v) is 3.63. The molecule has 0 unspecified atom stereocenters. The Hall–Kier alpha value is -5.31. The van der Waals surface area contributed by atoms with E-state index in [1.54, 1.807) is 12.1 Å². The van der Waals surface area contributed by atoms with Gasteiger partial charge in [-0.05, 0) is 74.4 Å². The van der Waals surface area contributed by atoms with Gasteiger partial charge in [0, 0.05) is 23.3 Å². The minimum atomic E-state index is -5.11. The molecule has 0 fully saturated rings. The summed E-state index contributed by atoms with van der Waals surface area (Å²) in [5.41, 5.74) is 0.129. The van der Waals surface area contributed by atoms with Crippen molar-refractivity contribution in [1.82, 2.24) is 0 Å². The Balaban J connectivity index is 1.71. The molecular formula is C31H21F6NO5. The molecule has 12 heteroatoms. The van der Waals surface area contributed by atoms with Crippen molar-refractivity contribution >= 4 is 17.5 Å². The molecule has 0 aliphatic carbocycles. The normalized spacial score (nSPS) is 12.7. The second-order valence-electron chi connectivity index (χ2n) is 8.73. The van der Waals surface area contributed by atoms with E-state index in [2.05, 4.69) is 4.74 Å². The third kappa shape index (κ3) is 8.59. The van der Waals surface area contributed by atoms with Gasteiger partial charge in [-0.15, -0.1) is 13.2 Å². The van der Waals surface area contributed by atoms with Gasteiger partial charge in [-0.1, -0.05) is 18.2 Å². The van der Waals surface area contributed by atoms with Crippen molar-refractivity contribution in [2.75, 3.05) is 0 Å². The first-order valence-corrected chi connectivity index (χ1v) is 12.2. The van der Waals surface area contributed by atoms with E-state index in [4.69, 9.17) is 14.7 Å². The Labute approximate surface area is 241 Å². The Bertz CT molecular complexity index is 1680. The lowest BCUT2D eigenvalue weighted by atomic mass is 10.0. The third-order valence-corrected chi connectivity index (χ3v) is 5.73. The van der Waals surface area contributed by atoms with Crippen molar-refractivity contribution < 1.29 is 50.1 Å². The molecule has 0 radical (unpaired) electrons. The fourth-order valence-electron chi connectivity index (χ4n) is 3.63. The zero-order chi connectivity index (χ0) is 31.9. The Morgan fingerprint density at radius 2 is 1.42 bits per heavy atom. The number of alkyl halides is 3. The van der Waals surface area contributed by atoms with Crippen molar-refractivity contribution in [2.45, 2.75) is 27.1 Å². The molecule has 43 heavy (non-hydrogen) atoms. The molecule has 0 amide bonds. The summed E-state index contributed by atoms with van der Waals surface area (Å²) in [5, 5.41) is 8.90. The Kier molecular flexibility index (Phi) is 10.2. The Morgan fingerprint density at radius 3 is 1.91 bits per heavy atom. The summed E-state index contributed by atoms with van der Waals surface area (Å²) in [6.45, 7) is 3.31. The second kappa shape index (κ2) is 13.6. The summed E-state index contributed by atoms with van der Waals surface area (Å²) in [4.78, 5) is 25.2. The van der Waals surface area contributed by atoms with Crippen molar-refractivity contribution in [3.63, 3.8) is 0 Å². The molecule has 0 N–H and O–H groups in total. The maximum Gasteiger partial charge on any atom is 0.572 e. The van der Waals surface area contributed by atoms with Gasteiger partial charge in [0.2, 0.25) is 0 Å². The molecule has 3 aromatic rings. The molecule has 0 aliphatic rings. The van der Waals surface area contributed by atoms with Crippen molar-refractivity contribution in [3.05, 3.63) is 113 Å². The van der Waals surface area contributed by atoms with Crippen LogP contribution in [0.15, 0.2) is 90.0 Å². The summed E-state index contributed by atoms with van der Waals surface area (Å²) >= 11 is 0. The molecule has 222 valence electrons. The molecular weight excluding hydrogens is 580 g/mol. The van der Waals surface area contributed by atoms with Crippen LogP contribution in [0, 0.1) is 23.0 Å². The molecule has 0 atom stereocenters. The first-order valence-electron chi connectivity index (χ1n) is 12.2. The van der Waals surface area contributed by atoms with Crippen molar-refractivity contribution in [3.8, 4) is 28.7 Å². The van der Waals surface area contributed by atoms with Crippen LogP contribution >= 0.6 is 0 Å². The smallest absolute Gasteiger partial charge is 0.423 e. The van der Waals surface area contributed by atoms with Gasteiger partial charge in [-0.3, -0.25) is 0 Å². The first kappa shape index (κ1) is 32.2. The predicted octanol–water partition coefficient (Wildman–Crippen LogP) is 8.10. The van der Waals surface area contributed by atoms with Crippen LogP contribution in [0.25, 0.3) is 16.7 Å². The van der Waals surface area contributed by atoms with Crippen LogP contribution in [-0.2, 0) is 14.3 Å². The highest BCUT2D eigenvalue weighted by atomic mass is 19.4. The predicted molar refractivity (Wildman–Crippen MR) is 143 cm³/mol. The van der Waals surface area contributed by atoms with E-state index < -0.39 is 47.1 Å². The maximum absolute atomic E-state index is 14.7. The van der Waals surface area contributed by atoms with Crippen molar-refractivity contribution in [2.24, 2.45) is 0 Å². The zero-order valence-electron chi connectivity index (χ0n) is 22.7. The van der Waals surface area contributed by atoms with E-state index >= 15 is 0 Å². The van der Waals surface area contributed by atoms with E-state index in [-0.39, 0.29) is 28.2 Å². The number of ether oxygens (including phenoxy) is 3. The summed E-state index contributed by atoms with van der Waals surface area (Å²) in [5.74, 6) is -7.19. The Morgan fingerprint density at radius 1 is 0.860 bits per heavy atom. The van der Waals surface area contributed by atoms with Gasteiger partial charge < -0.3 is 14.2 Å². The molecule has 0 saturated carbocycles. The summed E-state index contributed by atoms with van der Waals surface area (Å²) < 4.78 is 94.0. The minimum absolute atomic E-state index is 0.104. The monoisotopic (exact) mass is 601 g/mol. The summed E-state index contributed by atoms with van der Waals surface area (Å²) in [6.07, 6.45) is -3.39. The van der Waals surface area contributed by atoms with Crippen LogP contribution in [0.2, 0.25) is 0 Å². The van der Waals surface area contributed by atoms with Gasteiger partial charge in [-0.2, -0.15) is 5.26 Å². The number of hydrogen-bond acceptors (Lipinski definition) is 6. The highest BCUT2D eigenvalue weighted by Gasteiger charge is 2.32. The fraction of sp³-hybridized carbons (Fsp3) is 0.129. The number of nitriles is 1. The summed E-state index contributed by atoms with van der Waals surface area (Å²) in [7, 11) is 0. The number of hydrogen-bond donors (Lipinski definition) is 0. The average molecular weight is 601 g/mol. The van der Waals surface area contributed by atoms with E-state index in [9.17, 15) is 35.9 Å². The highest BCUT2D eigenvalue weighted by molar-refractivity contribution is 6.15. The second-order valence-corrected chi connectivity index (χ2v) is 8.73. The SMILES string of the molecule is CC=C(C(=O)Oc1ccc(C(C)=CC(F)=C(C)OC(F)(F)F)c(F)c1)C(=O)Oc1ccc(-c2ccc(C#N)cc2)c(F)c1. The number of allylic oxidation sites excluding steroid dienone is 5. The minimum Gasteiger partial charge on any atom is -0.423 e. The van der Waals surface area contributed by atoms with Crippen LogP contribution in [-0.4, -0.2) is 18.3 Å². The largest absolute Gasteiger partial charge is 0.572 e. The number of rotatable bonds is 8. The lowest BCUT2D eigenvalue weighted by molar-refractivity contribution is -0.305. The van der Waals surface area contributed by atoms with Gasteiger partial charge in [-0.25, -0.2) is 22.8 Å². The molecule has 0 spiro atoms. The van der Waals surface area contributed by atoms with E-state index in [1.807, 2.05) is 6.07 Å². The average Bonchev–Trinajstić information content (AvgIpc) is 2.92. The van der Waals surface area contributed by atoms with E-state index in [0.29, 0.717) is 17.2 Å². The molecule has 0 saturated heterocycles. The van der Waals surface area contributed by atoms with Crippen LogP contribution in [0.3, 0.4) is 0 Å². The topological polar surface area (TPSA) is 85.6 Å². The lowest BCUT2D eigenvalue weighted by Gasteiger charge is -2.11. The molecule has 3 aromatic carbocycles. The lowest BCUT2D eigenvalue weighted by Crippen LogP contribution is -2.22. The first-order chi connectivity index (χ1) is 20.2. The molecule has 0 aliphatic heterocycles. The van der Waals surface area contributed by atoms with Gasteiger partial charge >= 0.3 is 18.3 Å². The summed E-state index contributed by atoms with van der Waals surface area (Å²) in [6, 6.07) is 14.6. The number of nitrogens with zero attached hydrogens (tertiary/aromatic N) is 1. The number of esters is 2. The van der Waals surface area contributed by atoms with Gasteiger partial charge in [0.15, 0.2) is 5.83 Å². The van der Waals surface area contributed by atoms with Crippen molar-refractivity contribution in [1.29, 1.82) is 5.26 Å². The molecule has 0 bridgehead atoms. The van der Waals surface area contributed by atoms with Crippen LogP contribution in [0.4, 0.5) is 26.3 Å². The van der Waals surface area contributed by atoms with E-state index in [1.165, 1.54) is 38.1 Å². The van der Waals surface area contributed by atoms with Crippen LogP contribution < -0.4 is 9.47 Å². The highest BCUT2D eigenvalue weighted by Crippen LogP contribution is 2.29. The number of carbonyl (C=O) groups excluding carboxylic acids is 2. The zero-order valence-corrected chi connectivity index (χ0v) is 22.7. The van der Waals surface area contributed by atoms with Crippen LogP contribution in [0.1, 0.15) is 31.9 Å². The molecule has 3 rings (SSSR count). The van der Waals surface area contributed by atoms with Crippen LogP contribution in [0.5, 0.6) is 11.5 Å². The molecule has 0 aromatic heterocycles. The van der Waals surface area contributed by atoms with E-state index in [0.717, 1.165) is 37.3 Å². The number of halogens is 6.